The standard InChI is InChI=1S/C35H35F2N5O4.C5H10O/c1-4-21-23(36)9-8-19-15-20(43)16-22(27(19)21)30-29(37)31-28(33(38-30)44-3)32(42-13-14-45-25-17-24(25)42)40-34(39-31)46-18-35-10-5-7-26(35)41(2)12-6-11-35;1-6-5-3-2-4-5/h1,8-9,15-16,24-26,43H,5-7,10-14,17-18H2,2-3H3;5H,2-4H2,1H3. The summed E-state index contributed by atoms with van der Waals surface area (Å²) in [5, 5.41) is 11.6. The Bertz CT molecular complexity index is 2050. The number of fused-ring (bicyclic) bond motifs is 4. The summed E-state index contributed by atoms with van der Waals surface area (Å²) in [7, 11) is 5.41. The third kappa shape index (κ3) is 6.06. The van der Waals surface area contributed by atoms with Crippen LogP contribution in [0.15, 0.2) is 24.3 Å². The van der Waals surface area contributed by atoms with E-state index in [0.717, 1.165) is 45.1 Å². The molecular weight excluding hydrogens is 668 g/mol. The number of aromatic nitrogens is 3. The lowest BCUT2D eigenvalue weighted by atomic mass is 9.76. The molecule has 0 spiro atoms. The highest BCUT2D eigenvalue weighted by molar-refractivity contribution is 6.04. The molecule has 0 bridgehead atoms. The van der Waals surface area contributed by atoms with Crippen LogP contribution in [0.4, 0.5) is 14.6 Å². The zero-order valence-electron chi connectivity index (χ0n) is 30.0. The lowest BCUT2D eigenvalue weighted by Crippen LogP contribution is -2.50. The lowest BCUT2D eigenvalue weighted by molar-refractivity contribution is 0.0133. The summed E-state index contributed by atoms with van der Waals surface area (Å²) in [5.74, 6) is 1.38. The molecule has 52 heavy (non-hydrogen) atoms. The van der Waals surface area contributed by atoms with Crippen molar-refractivity contribution in [3.63, 3.8) is 0 Å². The number of terminal acetylenes is 1. The average Bonchev–Trinajstić information content (AvgIpc) is 3.80. The van der Waals surface area contributed by atoms with Crippen molar-refractivity contribution in [1.29, 1.82) is 0 Å². The highest BCUT2D eigenvalue weighted by Crippen LogP contribution is 2.48. The van der Waals surface area contributed by atoms with Gasteiger partial charge in [-0.25, -0.2) is 13.8 Å². The highest BCUT2D eigenvalue weighted by atomic mass is 19.1. The number of morpholine rings is 1. The van der Waals surface area contributed by atoms with Crippen LogP contribution in [0.25, 0.3) is 32.9 Å². The number of pyridine rings is 1. The molecule has 0 amide bonds. The molecule has 274 valence electrons. The number of hydrogen-bond donors (Lipinski definition) is 1. The summed E-state index contributed by atoms with van der Waals surface area (Å²) in [6.45, 7) is 2.56. The first-order valence-corrected chi connectivity index (χ1v) is 18.4. The van der Waals surface area contributed by atoms with Crippen LogP contribution >= 0.6 is 0 Å². The number of likely N-dealkylation sites (tertiary alicyclic amines) is 1. The van der Waals surface area contributed by atoms with Gasteiger partial charge in [0.15, 0.2) is 5.82 Å². The average molecular weight is 714 g/mol. The Morgan fingerprint density at radius 1 is 1.04 bits per heavy atom. The Balaban J connectivity index is 0.000000588. The van der Waals surface area contributed by atoms with E-state index in [0.29, 0.717) is 48.5 Å². The number of anilines is 1. The normalized spacial score (nSPS) is 25.5. The van der Waals surface area contributed by atoms with Crippen LogP contribution in [0, 0.1) is 29.4 Å². The van der Waals surface area contributed by atoms with E-state index in [1.807, 2.05) is 0 Å². The molecule has 2 aliphatic heterocycles. The SMILES string of the molecule is C#Cc1c(F)ccc2cc(O)cc(-c3nc(OC)c4c(N5CCOC6CC65)nc(OCC56CCCC5N(C)CCC6)nc4c3F)c12.COC1CCC1. The molecule has 12 heteroatoms. The molecule has 2 saturated heterocycles. The zero-order valence-corrected chi connectivity index (χ0v) is 30.0. The van der Waals surface area contributed by atoms with E-state index in [4.69, 9.17) is 30.4 Å². The number of piperidine rings is 1. The van der Waals surface area contributed by atoms with Crippen LogP contribution in [0.3, 0.4) is 0 Å². The fourth-order valence-electron chi connectivity index (χ4n) is 8.84. The molecule has 5 aliphatic rings. The number of halogens is 2. The van der Waals surface area contributed by atoms with Crippen molar-refractivity contribution in [2.75, 3.05) is 52.5 Å². The summed E-state index contributed by atoms with van der Waals surface area (Å²) in [6.07, 6.45) is 16.7. The predicted octanol–water partition coefficient (Wildman–Crippen LogP) is 6.62. The molecule has 10 nitrogen and oxygen atoms in total. The van der Waals surface area contributed by atoms with Crippen molar-refractivity contribution in [3.8, 4) is 41.2 Å². The summed E-state index contributed by atoms with van der Waals surface area (Å²) in [5.41, 5.74) is -0.174. The van der Waals surface area contributed by atoms with Crippen molar-refractivity contribution in [1.82, 2.24) is 19.9 Å². The molecule has 1 N–H and O–H groups in total. The largest absolute Gasteiger partial charge is 0.508 e. The molecule has 3 saturated carbocycles. The maximum Gasteiger partial charge on any atom is 0.319 e. The molecule has 4 atom stereocenters. The van der Waals surface area contributed by atoms with Gasteiger partial charge in [0.25, 0.3) is 0 Å². The third-order valence-electron chi connectivity index (χ3n) is 11.8. The fraction of sp³-hybridized carbons (Fsp3) is 0.525. The van der Waals surface area contributed by atoms with Crippen molar-refractivity contribution in [2.24, 2.45) is 5.41 Å². The molecule has 4 heterocycles. The highest BCUT2D eigenvalue weighted by Gasteiger charge is 2.49. The molecular formula is C40H45F2N5O5. The van der Waals surface area contributed by atoms with Gasteiger partial charge in [-0.2, -0.15) is 9.97 Å². The van der Waals surface area contributed by atoms with E-state index >= 15 is 4.39 Å². The van der Waals surface area contributed by atoms with E-state index in [1.165, 1.54) is 50.6 Å². The van der Waals surface area contributed by atoms with E-state index in [2.05, 4.69) is 32.7 Å². The molecule has 9 rings (SSSR count). The van der Waals surface area contributed by atoms with Crippen molar-refractivity contribution in [3.05, 3.63) is 41.5 Å². The van der Waals surface area contributed by atoms with E-state index in [-0.39, 0.29) is 62.9 Å². The molecule has 4 aromatic rings. The van der Waals surface area contributed by atoms with Gasteiger partial charge in [0, 0.05) is 36.1 Å². The molecule has 3 aliphatic carbocycles. The number of nitrogens with zero attached hydrogens (tertiary/aromatic N) is 5. The van der Waals surface area contributed by atoms with Gasteiger partial charge in [0.1, 0.15) is 34.0 Å². The molecule has 2 aromatic heterocycles. The maximum absolute atomic E-state index is 17.0. The van der Waals surface area contributed by atoms with Crippen LogP contribution in [0.1, 0.15) is 63.4 Å². The van der Waals surface area contributed by atoms with Gasteiger partial charge in [-0.1, -0.05) is 18.4 Å². The van der Waals surface area contributed by atoms with Crippen LogP contribution in [0.5, 0.6) is 17.6 Å². The van der Waals surface area contributed by atoms with Gasteiger partial charge in [0.2, 0.25) is 5.88 Å². The van der Waals surface area contributed by atoms with Crippen molar-refractivity contribution < 1.29 is 32.8 Å². The monoisotopic (exact) mass is 713 g/mol. The topological polar surface area (TPSA) is 102 Å². The van der Waals surface area contributed by atoms with Crippen molar-refractivity contribution in [2.45, 2.75) is 82.1 Å². The summed E-state index contributed by atoms with van der Waals surface area (Å²) >= 11 is 0. The third-order valence-corrected chi connectivity index (χ3v) is 11.8. The number of hydrogen-bond acceptors (Lipinski definition) is 10. The number of phenols is 1. The number of rotatable bonds is 7. The summed E-state index contributed by atoms with van der Waals surface area (Å²) in [4.78, 5) is 18.7. The van der Waals surface area contributed by atoms with Gasteiger partial charge < -0.3 is 33.9 Å². The lowest BCUT2D eigenvalue weighted by Gasteiger charge is -2.44. The minimum atomic E-state index is -0.779. The number of ether oxygens (including phenoxy) is 4. The number of phenolic OH excluding ortho intramolecular Hbond substituents is 1. The first-order valence-electron chi connectivity index (χ1n) is 18.4. The Hall–Kier alpha value is -4.31. The van der Waals surface area contributed by atoms with Crippen LogP contribution < -0.4 is 14.4 Å². The summed E-state index contributed by atoms with van der Waals surface area (Å²) < 4.78 is 55.0. The predicted molar refractivity (Wildman–Crippen MR) is 194 cm³/mol. The van der Waals surface area contributed by atoms with E-state index in [1.54, 1.807) is 7.11 Å². The first kappa shape index (κ1) is 34.8. The smallest absolute Gasteiger partial charge is 0.319 e. The molecule has 0 radical (unpaired) electrons. The number of benzene rings is 2. The molecule has 5 fully saturated rings. The Morgan fingerprint density at radius 2 is 1.87 bits per heavy atom. The van der Waals surface area contributed by atoms with Gasteiger partial charge in [-0.05, 0) is 88.5 Å². The quantitative estimate of drug-likeness (QED) is 0.210. The van der Waals surface area contributed by atoms with E-state index < -0.39 is 11.6 Å². The second kappa shape index (κ2) is 13.9. The minimum Gasteiger partial charge on any atom is -0.508 e. The van der Waals surface area contributed by atoms with Gasteiger partial charge in [-0.15, -0.1) is 6.42 Å². The van der Waals surface area contributed by atoms with Gasteiger partial charge in [0.05, 0.1) is 44.1 Å². The Morgan fingerprint density at radius 3 is 2.60 bits per heavy atom. The minimum absolute atomic E-state index is 0.0121. The van der Waals surface area contributed by atoms with Crippen LogP contribution in [-0.4, -0.2) is 96.8 Å². The second-order valence-corrected chi connectivity index (χ2v) is 14.8. The Labute approximate surface area is 302 Å². The number of methoxy groups -OCH3 is 2. The Kier molecular flexibility index (Phi) is 9.30. The first-order chi connectivity index (χ1) is 25.2. The maximum atomic E-state index is 17.0. The molecule has 4 unspecified atom stereocenters. The van der Waals surface area contributed by atoms with Crippen molar-refractivity contribution >= 4 is 27.5 Å². The van der Waals surface area contributed by atoms with Gasteiger partial charge in [-0.3, -0.25) is 0 Å². The van der Waals surface area contributed by atoms with Crippen LogP contribution in [0.2, 0.25) is 0 Å². The fourth-order valence-corrected chi connectivity index (χ4v) is 8.84. The van der Waals surface area contributed by atoms with E-state index in [9.17, 15) is 9.50 Å². The molecule has 2 aromatic carbocycles. The summed E-state index contributed by atoms with van der Waals surface area (Å²) in [6, 6.07) is 6.08. The second-order valence-electron chi connectivity index (χ2n) is 14.8. The zero-order chi connectivity index (χ0) is 36.1. The van der Waals surface area contributed by atoms with Gasteiger partial charge >= 0.3 is 6.01 Å². The van der Waals surface area contributed by atoms with Crippen LogP contribution in [-0.2, 0) is 9.47 Å². The number of aromatic hydroxyl groups is 1.